The lowest BCUT2D eigenvalue weighted by molar-refractivity contribution is -0.121. The first-order valence-electron chi connectivity index (χ1n) is 4.12. The van der Waals surface area contributed by atoms with Gasteiger partial charge in [0, 0.05) is 11.8 Å². The number of hydrogen-bond acceptors (Lipinski definition) is 2. The Morgan fingerprint density at radius 2 is 1.75 bits per heavy atom. The molecule has 0 atom stereocenters. The molecule has 0 saturated heterocycles. The number of Topliss-reactive ketones (excluding diaryl/α,β-unsaturated/α-hetero) is 2. The van der Waals surface area contributed by atoms with Crippen molar-refractivity contribution in [2.24, 2.45) is 5.41 Å². The third kappa shape index (κ3) is 1.22. The lowest BCUT2D eigenvalue weighted by Gasteiger charge is -2.11. The fourth-order valence-electron chi connectivity index (χ4n) is 1.54. The minimum Gasteiger partial charge on any atom is -0.294 e. The summed E-state index contributed by atoms with van der Waals surface area (Å²) in [6.07, 6.45) is 0.367. The first-order chi connectivity index (χ1) is 5.36. The number of carbonyl (C=O) groups excluding carboxylic acids is 2. The van der Waals surface area contributed by atoms with Crippen LogP contribution in [-0.2, 0) is 9.59 Å². The standard InChI is InChI=1S/C10H14O2/c1-6(2)8-7(11)5-10(3,4)9(8)12/h5H2,1-4H3. The molecule has 0 amide bonds. The highest BCUT2D eigenvalue weighted by Gasteiger charge is 2.42. The van der Waals surface area contributed by atoms with Crippen molar-refractivity contribution >= 4 is 11.6 Å². The van der Waals surface area contributed by atoms with Gasteiger partial charge in [0.25, 0.3) is 0 Å². The van der Waals surface area contributed by atoms with E-state index in [1.807, 2.05) is 27.7 Å². The van der Waals surface area contributed by atoms with Crippen LogP contribution in [0.1, 0.15) is 34.1 Å². The second-order valence-corrected chi connectivity index (χ2v) is 4.19. The number of ketones is 2. The zero-order chi connectivity index (χ0) is 9.52. The maximum atomic E-state index is 11.6. The van der Waals surface area contributed by atoms with Gasteiger partial charge in [0.1, 0.15) is 0 Å². The van der Waals surface area contributed by atoms with Gasteiger partial charge < -0.3 is 0 Å². The van der Waals surface area contributed by atoms with E-state index < -0.39 is 5.41 Å². The van der Waals surface area contributed by atoms with Crippen LogP contribution in [0, 0.1) is 5.41 Å². The SMILES string of the molecule is CC(C)=C1C(=O)CC(C)(C)C1=O. The zero-order valence-corrected chi connectivity index (χ0v) is 8.02. The average molecular weight is 166 g/mol. The maximum Gasteiger partial charge on any atom is 0.172 e. The number of allylic oxidation sites excluding steroid dienone is 2. The minimum absolute atomic E-state index is 0.00463. The number of carbonyl (C=O) groups is 2. The maximum absolute atomic E-state index is 11.6. The van der Waals surface area contributed by atoms with Crippen molar-refractivity contribution in [3.8, 4) is 0 Å². The molecule has 1 aliphatic carbocycles. The molecule has 66 valence electrons. The molecule has 1 aliphatic rings. The quantitative estimate of drug-likeness (QED) is 0.407. The van der Waals surface area contributed by atoms with Crippen molar-refractivity contribution in [2.45, 2.75) is 34.1 Å². The Hall–Kier alpha value is -0.920. The average Bonchev–Trinajstić information content (AvgIpc) is 2.02. The fourth-order valence-corrected chi connectivity index (χ4v) is 1.54. The zero-order valence-electron chi connectivity index (χ0n) is 8.02. The van der Waals surface area contributed by atoms with Crippen LogP contribution < -0.4 is 0 Å². The van der Waals surface area contributed by atoms with Gasteiger partial charge in [-0.25, -0.2) is 0 Å². The van der Waals surface area contributed by atoms with Gasteiger partial charge in [-0.05, 0) is 13.8 Å². The summed E-state index contributed by atoms with van der Waals surface area (Å²) in [5, 5.41) is 0. The summed E-state index contributed by atoms with van der Waals surface area (Å²) in [4.78, 5) is 23.0. The van der Waals surface area contributed by atoms with Gasteiger partial charge >= 0.3 is 0 Å². The summed E-state index contributed by atoms with van der Waals surface area (Å²) in [5.41, 5.74) is 0.805. The highest BCUT2D eigenvalue weighted by atomic mass is 16.2. The first kappa shape index (κ1) is 9.17. The summed E-state index contributed by atoms with van der Waals surface area (Å²) in [6, 6.07) is 0. The Kier molecular flexibility index (Phi) is 1.94. The van der Waals surface area contributed by atoms with Crippen LogP contribution >= 0.6 is 0 Å². The van der Waals surface area contributed by atoms with Crippen LogP contribution in [0.15, 0.2) is 11.1 Å². The monoisotopic (exact) mass is 166 g/mol. The van der Waals surface area contributed by atoms with Gasteiger partial charge in [0.05, 0.1) is 5.57 Å². The Balaban J connectivity index is 3.19. The Morgan fingerprint density at radius 1 is 1.25 bits per heavy atom. The molecule has 0 unspecified atom stereocenters. The van der Waals surface area contributed by atoms with E-state index in [0.717, 1.165) is 5.57 Å². The third-order valence-electron chi connectivity index (χ3n) is 2.22. The van der Waals surface area contributed by atoms with Crippen LogP contribution in [0.25, 0.3) is 0 Å². The lowest BCUT2D eigenvalue weighted by Crippen LogP contribution is -2.17. The number of hydrogen-bond donors (Lipinski definition) is 0. The highest BCUT2D eigenvalue weighted by Crippen LogP contribution is 2.35. The molecule has 0 spiro atoms. The third-order valence-corrected chi connectivity index (χ3v) is 2.22. The van der Waals surface area contributed by atoms with E-state index in [4.69, 9.17) is 0 Å². The second-order valence-electron chi connectivity index (χ2n) is 4.19. The Morgan fingerprint density at radius 3 is 1.92 bits per heavy atom. The van der Waals surface area contributed by atoms with E-state index in [9.17, 15) is 9.59 Å². The van der Waals surface area contributed by atoms with E-state index in [0.29, 0.717) is 12.0 Å². The molecule has 0 heterocycles. The molecule has 1 saturated carbocycles. The van der Waals surface area contributed by atoms with Crippen LogP contribution in [0.4, 0.5) is 0 Å². The largest absolute Gasteiger partial charge is 0.294 e. The summed E-state index contributed by atoms with van der Waals surface area (Å²) < 4.78 is 0. The Labute approximate surface area is 72.7 Å². The summed E-state index contributed by atoms with van der Waals surface area (Å²) in [7, 11) is 0. The van der Waals surface area contributed by atoms with Crippen molar-refractivity contribution in [3.05, 3.63) is 11.1 Å². The summed E-state index contributed by atoms with van der Waals surface area (Å²) >= 11 is 0. The molecular weight excluding hydrogens is 152 g/mol. The molecule has 0 N–H and O–H groups in total. The van der Waals surface area contributed by atoms with Crippen molar-refractivity contribution < 1.29 is 9.59 Å². The lowest BCUT2D eigenvalue weighted by atomic mass is 9.90. The molecule has 0 radical (unpaired) electrons. The van der Waals surface area contributed by atoms with E-state index in [-0.39, 0.29) is 11.6 Å². The van der Waals surface area contributed by atoms with Crippen LogP contribution in [0.2, 0.25) is 0 Å². The van der Waals surface area contributed by atoms with Crippen LogP contribution in [0.3, 0.4) is 0 Å². The van der Waals surface area contributed by atoms with E-state index in [1.54, 1.807) is 0 Å². The molecule has 0 aliphatic heterocycles. The van der Waals surface area contributed by atoms with Crippen molar-refractivity contribution in [1.29, 1.82) is 0 Å². The molecular formula is C10H14O2. The van der Waals surface area contributed by atoms with Crippen LogP contribution in [0.5, 0.6) is 0 Å². The highest BCUT2D eigenvalue weighted by molar-refractivity contribution is 6.28. The molecule has 12 heavy (non-hydrogen) atoms. The molecule has 0 bridgehead atoms. The topological polar surface area (TPSA) is 34.1 Å². The van der Waals surface area contributed by atoms with Gasteiger partial charge in [-0.2, -0.15) is 0 Å². The fraction of sp³-hybridized carbons (Fsp3) is 0.600. The second kappa shape index (κ2) is 2.54. The predicted octanol–water partition coefficient (Wildman–Crippen LogP) is 1.89. The van der Waals surface area contributed by atoms with Crippen LogP contribution in [-0.4, -0.2) is 11.6 Å². The summed E-state index contributed by atoms with van der Waals surface area (Å²) in [6.45, 7) is 7.27. The van der Waals surface area contributed by atoms with Gasteiger partial charge in [0.2, 0.25) is 0 Å². The minimum atomic E-state index is -0.469. The van der Waals surface area contributed by atoms with E-state index in [1.165, 1.54) is 0 Å². The normalized spacial score (nSPS) is 21.8. The van der Waals surface area contributed by atoms with Gasteiger partial charge in [-0.3, -0.25) is 9.59 Å². The Bertz CT molecular complexity index is 278. The molecule has 0 aromatic carbocycles. The van der Waals surface area contributed by atoms with E-state index in [2.05, 4.69) is 0 Å². The van der Waals surface area contributed by atoms with Gasteiger partial charge in [-0.15, -0.1) is 0 Å². The molecule has 2 nitrogen and oxygen atoms in total. The molecule has 0 aromatic heterocycles. The molecule has 0 aromatic rings. The molecule has 1 fully saturated rings. The molecule has 2 heteroatoms. The van der Waals surface area contributed by atoms with E-state index >= 15 is 0 Å². The molecule has 1 rings (SSSR count). The van der Waals surface area contributed by atoms with Crippen molar-refractivity contribution in [2.75, 3.05) is 0 Å². The van der Waals surface area contributed by atoms with Gasteiger partial charge in [0.15, 0.2) is 11.6 Å². The van der Waals surface area contributed by atoms with Gasteiger partial charge in [-0.1, -0.05) is 19.4 Å². The van der Waals surface area contributed by atoms with Crippen molar-refractivity contribution in [3.63, 3.8) is 0 Å². The summed E-state index contributed by atoms with van der Waals surface area (Å²) in [5.74, 6) is 0.0116. The smallest absolute Gasteiger partial charge is 0.172 e. The predicted molar refractivity (Wildman–Crippen MR) is 46.8 cm³/mol. The number of rotatable bonds is 0. The first-order valence-corrected chi connectivity index (χ1v) is 4.12. The van der Waals surface area contributed by atoms with Crippen molar-refractivity contribution in [1.82, 2.24) is 0 Å².